The van der Waals surface area contributed by atoms with Crippen LogP contribution < -0.4 is 5.32 Å². The summed E-state index contributed by atoms with van der Waals surface area (Å²) in [6.07, 6.45) is -1.48. The summed E-state index contributed by atoms with van der Waals surface area (Å²) >= 11 is 4.46. The molecule has 0 aliphatic rings. The highest BCUT2D eigenvalue weighted by Gasteiger charge is 2.30. The zero-order valence-electron chi connectivity index (χ0n) is 18.6. The third kappa shape index (κ3) is 7.24. The Morgan fingerprint density at radius 2 is 1.89 bits per heavy atom. The summed E-state index contributed by atoms with van der Waals surface area (Å²) in [6.45, 7) is 0. The number of aryl methyl sites for hydroxylation is 1. The number of hydrogen-bond donors (Lipinski definition) is 2. The number of hydrogen-bond acceptors (Lipinski definition) is 10. The van der Waals surface area contributed by atoms with Crippen LogP contribution in [0.3, 0.4) is 0 Å². The third-order valence-corrected chi connectivity index (χ3v) is 8.50. The predicted octanol–water partition coefficient (Wildman–Crippen LogP) is 5.42. The van der Waals surface area contributed by atoms with E-state index in [1.807, 2.05) is 0 Å². The van der Waals surface area contributed by atoms with Gasteiger partial charge in [-0.15, -0.1) is 22.0 Å². The van der Waals surface area contributed by atoms with E-state index in [1.54, 1.807) is 23.7 Å². The molecule has 0 saturated carbocycles. The molecule has 0 fully saturated rings. The number of thiazole rings is 1. The van der Waals surface area contributed by atoms with Gasteiger partial charge in [0.25, 0.3) is 5.91 Å². The van der Waals surface area contributed by atoms with Crippen molar-refractivity contribution in [1.82, 2.24) is 24.7 Å². The van der Waals surface area contributed by atoms with E-state index in [0.717, 1.165) is 47.0 Å². The van der Waals surface area contributed by atoms with Gasteiger partial charge in [0.05, 0.1) is 21.7 Å². The smallest absolute Gasteiger partial charge is 0.416 e. The van der Waals surface area contributed by atoms with E-state index in [4.69, 9.17) is 5.11 Å². The Morgan fingerprint density at radius 3 is 2.54 bits per heavy atom. The predicted molar refractivity (Wildman–Crippen MR) is 133 cm³/mol. The van der Waals surface area contributed by atoms with E-state index in [9.17, 15) is 22.8 Å². The number of amides is 1. The maximum absolute atomic E-state index is 13.2. The summed E-state index contributed by atoms with van der Waals surface area (Å²) in [7, 11) is 1.76. The van der Waals surface area contributed by atoms with Crippen LogP contribution in [-0.4, -0.2) is 47.5 Å². The fourth-order valence-electron chi connectivity index (χ4n) is 2.70. The van der Waals surface area contributed by atoms with Crippen LogP contribution in [0.5, 0.6) is 0 Å². The number of aliphatic carboxylic acids is 1. The van der Waals surface area contributed by atoms with E-state index in [2.05, 4.69) is 25.5 Å². The lowest BCUT2D eigenvalue weighted by atomic mass is 10.2. The van der Waals surface area contributed by atoms with Crippen LogP contribution in [0.25, 0.3) is 0 Å². The quantitative estimate of drug-likeness (QED) is 0.247. The summed E-state index contributed by atoms with van der Waals surface area (Å²) in [5.74, 6) is -1.71. The largest absolute Gasteiger partial charge is 0.481 e. The first-order valence-corrected chi connectivity index (χ1v) is 13.5. The van der Waals surface area contributed by atoms with E-state index in [1.165, 1.54) is 36.4 Å². The number of alkyl halides is 3. The van der Waals surface area contributed by atoms with Crippen molar-refractivity contribution in [1.29, 1.82) is 0 Å². The Labute approximate surface area is 224 Å². The van der Waals surface area contributed by atoms with Crippen molar-refractivity contribution in [3.8, 4) is 0 Å². The lowest BCUT2D eigenvalue weighted by molar-refractivity contribution is -0.137. The van der Waals surface area contributed by atoms with Crippen LogP contribution in [0.15, 0.2) is 73.1 Å². The van der Waals surface area contributed by atoms with Crippen molar-refractivity contribution in [2.24, 2.45) is 7.05 Å². The van der Waals surface area contributed by atoms with Crippen LogP contribution in [0.4, 0.5) is 18.3 Å². The zero-order valence-corrected chi connectivity index (χ0v) is 21.9. The van der Waals surface area contributed by atoms with Gasteiger partial charge in [0.2, 0.25) is 0 Å². The van der Waals surface area contributed by atoms with Crippen LogP contribution in [0, 0.1) is 0 Å². The van der Waals surface area contributed by atoms with Gasteiger partial charge < -0.3 is 9.67 Å². The maximum atomic E-state index is 13.2. The third-order valence-electron chi connectivity index (χ3n) is 4.37. The molecule has 1 aromatic carbocycles. The number of nitrogens with zero attached hydrogens (tertiary/aromatic N) is 5. The highest BCUT2D eigenvalue weighted by molar-refractivity contribution is 8.01. The Balaban J connectivity index is 1.59. The molecule has 4 aromatic rings. The topological polar surface area (TPSA) is 123 Å². The number of aromatic nitrogens is 5. The van der Waals surface area contributed by atoms with Crippen molar-refractivity contribution in [3.05, 3.63) is 60.2 Å². The highest BCUT2D eigenvalue weighted by atomic mass is 32.2. The van der Waals surface area contributed by atoms with Crippen molar-refractivity contribution in [2.45, 2.75) is 30.4 Å². The minimum atomic E-state index is -4.45. The summed E-state index contributed by atoms with van der Waals surface area (Å²) in [5.41, 5.74) is -0.740. The van der Waals surface area contributed by atoms with Crippen molar-refractivity contribution >= 4 is 63.6 Å². The second-order valence-electron chi connectivity index (χ2n) is 7.07. The van der Waals surface area contributed by atoms with Gasteiger partial charge in [0.1, 0.15) is 17.0 Å². The number of rotatable bonds is 9. The SMILES string of the molecule is Cn1cnnc1Sc1ccc(Sc2ccc(C(F)(F)F)cc2)c(C(=O)Nc2ncc(SCC(=O)O)s2)n1. The van der Waals surface area contributed by atoms with Gasteiger partial charge >= 0.3 is 12.1 Å². The molecule has 0 saturated heterocycles. The van der Waals surface area contributed by atoms with Gasteiger partial charge in [0, 0.05) is 16.8 Å². The van der Waals surface area contributed by atoms with Crippen molar-refractivity contribution < 1.29 is 27.9 Å². The minimum Gasteiger partial charge on any atom is -0.481 e. The van der Waals surface area contributed by atoms with Crippen LogP contribution in [0.1, 0.15) is 16.1 Å². The van der Waals surface area contributed by atoms with Crippen LogP contribution >= 0.6 is 46.6 Å². The van der Waals surface area contributed by atoms with Crippen molar-refractivity contribution in [3.63, 3.8) is 0 Å². The molecule has 0 radical (unpaired) electrons. The first-order chi connectivity index (χ1) is 17.6. The molecule has 4 rings (SSSR count). The Hall–Kier alpha value is -3.08. The summed E-state index contributed by atoms with van der Waals surface area (Å²) in [4.78, 5) is 33.4. The number of nitrogens with one attached hydrogen (secondary N) is 1. The molecule has 2 N–H and O–H groups in total. The number of thioether (sulfide) groups is 1. The molecular formula is C21H15F3N6O3S4. The first kappa shape index (κ1) is 27.0. The van der Waals surface area contributed by atoms with Gasteiger partial charge in [-0.25, -0.2) is 9.97 Å². The van der Waals surface area contributed by atoms with Crippen molar-refractivity contribution in [2.75, 3.05) is 11.1 Å². The average molecular weight is 585 g/mol. The molecule has 3 aromatic heterocycles. The molecule has 0 aliphatic carbocycles. The Morgan fingerprint density at radius 1 is 1.14 bits per heavy atom. The van der Waals surface area contributed by atoms with Gasteiger partial charge in [0.15, 0.2) is 10.3 Å². The van der Waals surface area contributed by atoms with Gasteiger partial charge in [-0.2, -0.15) is 13.2 Å². The monoisotopic (exact) mass is 584 g/mol. The molecule has 9 nitrogen and oxygen atoms in total. The molecule has 0 aliphatic heterocycles. The summed E-state index contributed by atoms with van der Waals surface area (Å²) in [5, 5.41) is 20.5. The molecule has 37 heavy (non-hydrogen) atoms. The number of carbonyl (C=O) groups is 2. The van der Waals surface area contributed by atoms with E-state index in [-0.39, 0.29) is 16.6 Å². The molecular weight excluding hydrogens is 570 g/mol. The molecule has 1 amide bonds. The fourth-order valence-corrected chi connectivity index (χ4v) is 5.92. The molecule has 0 bridgehead atoms. The Bertz CT molecular complexity index is 1430. The number of halogens is 3. The highest BCUT2D eigenvalue weighted by Crippen LogP contribution is 2.36. The molecule has 0 unspecified atom stereocenters. The molecule has 0 atom stereocenters. The second-order valence-corrected chi connectivity index (χ2v) is 11.5. The standard InChI is InChI=1S/C21H15F3N6O3S4/c1-30-10-26-29-20(30)36-14-7-6-13(35-12-4-2-11(3-5-12)21(22,23)24)17(27-14)18(33)28-19-25-8-16(37-19)34-9-15(31)32/h2-8,10H,9H2,1H3,(H,31,32)(H,25,28,33). The number of carbonyl (C=O) groups excluding carboxylic acids is 1. The first-order valence-electron chi connectivity index (χ1n) is 10.1. The number of pyridine rings is 1. The number of carboxylic acid groups (broad SMARTS) is 1. The zero-order chi connectivity index (χ0) is 26.6. The van der Waals surface area contributed by atoms with Gasteiger partial charge in [-0.1, -0.05) is 23.1 Å². The molecule has 3 heterocycles. The Kier molecular flexibility index (Phi) is 8.41. The van der Waals surface area contributed by atoms with Gasteiger partial charge in [-0.05, 0) is 48.2 Å². The summed E-state index contributed by atoms with van der Waals surface area (Å²) in [6, 6.07) is 7.92. The molecule has 0 spiro atoms. The molecule has 192 valence electrons. The lowest BCUT2D eigenvalue weighted by Crippen LogP contribution is -2.15. The minimum absolute atomic E-state index is 0.0343. The maximum Gasteiger partial charge on any atom is 0.416 e. The average Bonchev–Trinajstić information content (AvgIpc) is 3.47. The number of anilines is 1. The number of carboxylic acids is 1. The van der Waals surface area contributed by atoms with Gasteiger partial charge in [-0.3, -0.25) is 14.9 Å². The lowest BCUT2D eigenvalue weighted by Gasteiger charge is -2.11. The van der Waals surface area contributed by atoms with E-state index < -0.39 is 23.6 Å². The van der Waals surface area contributed by atoms with E-state index >= 15 is 0 Å². The van der Waals surface area contributed by atoms with E-state index in [0.29, 0.717) is 24.2 Å². The number of benzene rings is 1. The normalized spacial score (nSPS) is 11.5. The second kappa shape index (κ2) is 11.5. The molecule has 16 heteroatoms. The summed E-state index contributed by atoms with van der Waals surface area (Å²) < 4.78 is 41.1. The van der Waals surface area contributed by atoms with Crippen LogP contribution in [-0.2, 0) is 18.0 Å². The van der Waals surface area contributed by atoms with Crippen LogP contribution in [0.2, 0.25) is 0 Å². The fraction of sp³-hybridized carbons (Fsp3) is 0.143.